The average molecular weight is 327 g/mol. The maximum Gasteiger partial charge on any atom is 0.00157 e. The standard InChI is InChI=1S/C12H19N.C10H15N/c1-2-13-11-7-6-10-12-8-4-3-5-9-12;1-11(2)9-8-10-6-4-3-5-7-10/h3-5,8-9,13H,2,6-7,10-11H2,1H3;3-7H,8-9H2,1-2H3. The van der Waals surface area contributed by atoms with Crippen LogP contribution in [0.3, 0.4) is 0 Å². The summed E-state index contributed by atoms with van der Waals surface area (Å²) >= 11 is 0. The van der Waals surface area contributed by atoms with Crippen molar-refractivity contribution in [1.82, 2.24) is 10.2 Å². The van der Waals surface area contributed by atoms with Crippen molar-refractivity contribution in [1.29, 1.82) is 0 Å². The highest BCUT2D eigenvalue weighted by Crippen LogP contribution is 2.03. The van der Waals surface area contributed by atoms with E-state index in [2.05, 4.69) is 91.9 Å². The van der Waals surface area contributed by atoms with E-state index in [0.717, 1.165) is 26.1 Å². The Labute approximate surface area is 148 Å². The molecule has 0 aliphatic rings. The van der Waals surface area contributed by atoms with Gasteiger partial charge in [0.05, 0.1) is 0 Å². The third kappa shape index (κ3) is 11.0. The van der Waals surface area contributed by atoms with Crippen LogP contribution in [0.5, 0.6) is 0 Å². The number of unbranched alkanes of at least 4 members (excludes halogenated alkanes) is 1. The van der Waals surface area contributed by atoms with Crippen molar-refractivity contribution in [2.75, 3.05) is 33.7 Å². The molecule has 0 aliphatic heterocycles. The van der Waals surface area contributed by atoms with Crippen molar-refractivity contribution in [3.63, 3.8) is 0 Å². The van der Waals surface area contributed by atoms with E-state index >= 15 is 0 Å². The van der Waals surface area contributed by atoms with Crippen LogP contribution >= 0.6 is 0 Å². The molecule has 1 N–H and O–H groups in total. The zero-order valence-electron chi connectivity index (χ0n) is 15.7. The van der Waals surface area contributed by atoms with Gasteiger partial charge in [0.1, 0.15) is 0 Å². The molecule has 24 heavy (non-hydrogen) atoms. The molecule has 0 aliphatic carbocycles. The summed E-state index contributed by atoms with van der Waals surface area (Å²) in [6.45, 7) is 5.52. The van der Waals surface area contributed by atoms with Crippen molar-refractivity contribution in [2.24, 2.45) is 0 Å². The first kappa shape index (κ1) is 20.4. The molecule has 0 heterocycles. The molecule has 0 atom stereocenters. The van der Waals surface area contributed by atoms with Gasteiger partial charge in [0.25, 0.3) is 0 Å². The normalized spacial score (nSPS) is 10.3. The van der Waals surface area contributed by atoms with E-state index in [1.807, 2.05) is 0 Å². The molecule has 2 aromatic rings. The minimum Gasteiger partial charge on any atom is -0.317 e. The van der Waals surface area contributed by atoms with Gasteiger partial charge in [0.2, 0.25) is 0 Å². The average Bonchev–Trinajstić information content (AvgIpc) is 2.62. The minimum absolute atomic E-state index is 1.09. The largest absolute Gasteiger partial charge is 0.317 e. The zero-order valence-corrected chi connectivity index (χ0v) is 15.7. The van der Waals surface area contributed by atoms with Gasteiger partial charge in [-0.1, -0.05) is 67.6 Å². The molecular weight excluding hydrogens is 292 g/mol. The summed E-state index contributed by atoms with van der Waals surface area (Å²) in [6.07, 6.45) is 4.93. The Morgan fingerprint density at radius 1 is 0.750 bits per heavy atom. The molecule has 0 fully saturated rings. The molecule has 2 rings (SSSR count). The van der Waals surface area contributed by atoms with Crippen LogP contribution in [0.25, 0.3) is 0 Å². The van der Waals surface area contributed by atoms with Crippen LogP contribution in [-0.2, 0) is 12.8 Å². The van der Waals surface area contributed by atoms with Crippen LogP contribution in [-0.4, -0.2) is 38.6 Å². The molecule has 0 bridgehead atoms. The van der Waals surface area contributed by atoms with E-state index in [9.17, 15) is 0 Å². The lowest BCUT2D eigenvalue weighted by Crippen LogP contribution is -2.14. The van der Waals surface area contributed by atoms with Crippen molar-refractivity contribution < 1.29 is 0 Å². The molecule has 0 amide bonds. The van der Waals surface area contributed by atoms with Crippen molar-refractivity contribution in [3.05, 3.63) is 71.8 Å². The maximum atomic E-state index is 3.33. The summed E-state index contributed by atoms with van der Waals surface area (Å²) in [5.74, 6) is 0. The summed E-state index contributed by atoms with van der Waals surface area (Å²) in [7, 11) is 4.20. The van der Waals surface area contributed by atoms with Crippen LogP contribution in [0.2, 0.25) is 0 Å². The topological polar surface area (TPSA) is 15.3 Å². The molecule has 0 unspecified atom stereocenters. The zero-order chi connectivity index (χ0) is 17.5. The molecule has 2 aromatic carbocycles. The lowest BCUT2D eigenvalue weighted by atomic mass is 10.1. The molecule has 0 radical (unpaired) electrons. The van der Waals surface area contributed by atoms with E-state index in [1.165, 1.54) is 30.4 Å². The van der Waals surface area contributed by atoms with Gasteiger partial charge in [-0.25, -0.2) is 0 Å². The molecule has 0 saturated heterocycles. The second-order valence-electron chi connectivity index (χ2n) is 6.34. The Bertz CT molecular complexity index is 494. The second-order valence-corrected chi connectivity index (χ2v) is 6.34. The Morgan fingerprint density at radius 2 is 1.29 bits per heavy atom. The first-order valence-electron chi connectivity index (χ1n) is 9.15. The summed E-state index contributed by atoms with van der Waals surface area (Å²) in [6, 6.07) is 21.3. The Morgan fingerprint density at radius 3 is 1.79 bits per heavy atom. The van der Waals surface area contributed by atoms with Gasteiger partial charge in [0, 0.05) is 6.54 Å². The van der Waals surface area contributed by atoms with Crippen LogP contribution in [0, 0.1) is 0 Å². The van der Waals surface area contributed by atoms with E-state index in [1.54, 1.807) is 0 Å². The molecule has 2 heteroatoms. The third-order valence-corrected chi connectivity index (χ3v) is 3.85. The van der Waals surface area contributed by atoms with E-state index in [-0.39, 0.29) is 0 Å². The summed E-state index contributed by atoms with van der Waals surface area (Å²) in [5, 5.41) is 3.33. The highest BCUT2D eigenvalue weighted by Gasteiger charge is 1.92. The van der Waals surface area contributed by atoms with Crippen molar-refractivity contribution in [2.45, 2.75) is 32.6 Å². The number of nitrogens with zero attached hydrogens (tertiary/aromatic N) is 1. The SMILES string of the molecule is CCNCCCCc1ccccc1.CN(C)CCc1ccccc1. The lowest BCUT2D eigenvalue weighted by molar-refractivity contribution is 0.413. The third-order valence-electron chi connectivity index (χ3n) is 3.85. The lowest BCUT2D eigenvalue weighted by Gasteiger charge is -2.08. The van der Waals surface area contributed by atoms with Gasteiger partial charge in [-0.15, -0.1) is 0 Å². The van der Waals surface area contributed by atoms with E-state index in [0.29, 0.717) is 0 Å². The highest BCUT2D eigenvalue weighted by molar-refractivity contribution is 5.15. The smallest absolute Gasteiger partial charge is 0.00157 e. The maximum absolute atomic E-state index is 3.33. The molecule has 0 aromatic heterocycles. The van der Waals surface area contributed by atoms with Crippen molar-refractivity contribution in [3.8, 4) is 0 Å². The van der Waals surface area contributed by atoms with Gasteiger partial charge in [-0.05, 0) is 64.0 Å². The van der Waals surface area contributed by atoms with Crippen LogP contribution in [0.15, 0.2) is 60.7 Å². The van der Waals surface area contributed by atoms with Gasteiger partial charge in [0.15, 0.2) is 0 Å². The second kappa shape index (κ2) is 13.8. The fourth-order valence-electron chi connectivity index (χ4n) is 2.40. The Hall–Kier alpha value is -1.64. The highest BCUT2D eigenvalue weighted by atomic mass is 15.0. The predicted molar refractivity (Wildman–Crippen MR) is 107 cm³/mol. The van der Waals surface area contributed by atoms with Crippen molar-refractivity contribution >= 4 is 0 Å². The van der Waals surface area contributed by atoms with Gasteiger partial charge in [-0.2, -0.15) is 0 Å². The molecular formula is C22H34N2. The number of nitrogens with one attached hydrogen (secondary N) is 1. The molecule has 0 saturated carbocycles. The number of aryl methyl sites for hydroxylation is 1. The number of rotatable bonds is 9. The quantitative estimate of drug-likeness (QED) is 0.687. The molecule has 132 valence electrons. The van der Waals surface area contributed by atoms with E-state index in [4.69, 9.17) is 0 Å². The number of hydrogen-bond donors (Lipinski definition) is 1. The Balaban J connectivity index is 0.000000243. The Kier molecular flexibility index (Phi) is 11.7. The fraction of sp³-hybridized carbons (Fsp3) is 0.455. The van der Waals surface area contributed by atoms with Gasteiger partial charge in [-0.3, -0.25) is 0 Å². The van der Waals surface area contributed by atoms with E-state index < -0.39 is 0 Å². The van der Waals surface area contributed by atoms with Gasteiger partial charge >= 0.3 is 0 Å². The number of likely N-dealkylation sites (N-methyl/N-ethyl adjacent to an activating group) is 1. The minimum atomic E-state index is 1.09. The van der Waals surface area contributed by atoms with Crippen LogP contribution in [0.1, 0.15) is 30.9 Å². The van der Waals surface area contributed by atoms with Gasteiger partial charge < -0.3 is 10.2 Å². The van der Waals surface area contributed by atoms with Crippen LogP contribution < -0.4 is 5.32 Å². The first-order valence-corrected chi connectivity index (χ1v) is 9.15. The number of hydrogen-bond acceptors (Lipinski definition) is 2. The predicted octanol–water partition coefficient (Wildman–Crippen LogP) is 4.41. The summed E-state index contributed by atoms with van der Waals surface area (Å²) in [5.41, 5.74) is 2.88. The first-order chi connectivity index (χ1) is 11.7. The fourth-order valence-corrected chi connectivity index (χ4v) is 2.40. The molecule has 0 spiro atoms. The van der Waals surface area contributed by atoms with Crippen LogP contribution in [0.4, 0.5) is 0 Å². The summed E-state index contributed by atoms with van der Waals surface area (Å²) in [4.78, 5) is 2.20. The monoisotopic (exact) mass is 326 g/mol. The molecule has 2 nitrogen and oxygen atoms in total. The summed E-state index contributed by atoms with van der Waals surface area (Å²) < 4.78 is 0. The number of benzene rings is 2.